The minimum Gasteiger partial charge on any atom is -0.312 e. The summed E-state index contributed by atoms with van der Waals surface area (Å²) in [6.45, 7) is 16.3. The fraction of sp³-hybridized carbons (Fsp3) is 0.846. The van der Waals surface area contributed by atoms with Crippen LogP contribution in [0.4, 0.5) is 0 Å². The molecule has 2 saturated carbocycles. The lowest BCUT2D eigenvalue weighted by Gasteiger charge is -2.15. The Labute approximate surface area is 100 Å². The zero-order valence-corrected chi connectivity index (χ0v) is 11.8. The molecule has 2 rings (SSSR count). The Morgan fingerprint density at radius 2 is 1.69 bits per heavy atom. The summed E-state index contributed by atoms with van der Waals surface area (Å²) in [5.74, 6) is 1.18. The maximum Gasteiger partial charge on any atom is 0.242 e. The maximum atomic E-state index is 8.80. The van der Waals surface area contributed by atoms with Crippen LogP contribution in [0.1, 0.15) is 19.3 Å². The van der Waals surface area contributed by atoms with E-state index < -0.39 is 8.07 Å². The summed E-state index contributed by atoms with van der Waals surface area (Å²) >= 11 is 0. The zero-order valence-electron chi connectivity index (χ0n) is 10.8. The minimum absolute atomic E-state index is 0.0405. The highest BCUT2D eigenvalue weighted by atomic mass is 28.3. The number of nitrogens with zero attached hydrogens (tertiary/aromatic N) is 2. The van der Waals surface area contributed by atoms with Crippen LogP contribution >= 0.6 is 0 Å². The van der Waals surface area contributed by atoms with Crippen molar-refractivity contribution in [1.29, 1.82) is 5.26 Å². The fourth-order valence-corrected chi connectivity index (χ4v) is 2.63. The monoisotopic (exact) mass is 234 g/mol. The van der Waals surface area contributed by atoms with E-state index >= 15 is 0 Å². The summed E-state index contributed by atoms with van der Waals surface area (Å²) in [6, 6.07) is 2.32. The van der Waals surface area contributed by atoms with E-state index in [9.17, 15) is 0 Å². The molecule has 0 aromatic carbocycles. The van der Waals surface area contributed by atoms with Gasteiger partial charge in [-0.05, 0) is 25.2 Å². The molecule has 16 heavy (non-hydrogen) atoms. The molecule has 2 aliphatic carbocycles. The highest BCUT2D eigenvalue weighted by molar-refractivity contribution is 6.74. The van der Waals surface area contributed by atoms with E-state index in [1.54, 1.807) is 0 Å². The molecule has 2 aliphatic rings. The zero-order chi connectivity index (χ0) is 12.3. The van der Waals surface area contributed by atoms with Crippen molar-refractivity contribution in [3.8, 4) is 6.07 Å². The Hall–Kier alpha value is -0.803. The van der Waals surface area contributed by atoms with Gasteiger partial charge in [-0.1, -0.05) is 26.2 Å². The predicted molar refractivity (Wildman–Crippen MR) is 69.5 cm³/mol. The van der Waals surface area contributed by atoms with E-state index in [2.05, 4.69) is 37.1 Å². The average molecular weight is 234 g/mol. The maximum absolute atomic E-state index is 8.80. The number of fused-ring (bicyclic) bond motifs is 2. The summed E-state index contributed by atoms with van der Waals surface area (Å²) in [5.41, 5.74) is 0. The van der Waals surface area contributed by atoms with E-state index in [4.69, 9.17) is 11.8 Å². The molecule has 3 heteroatoms. The van der Waals surface area contributed by atoms with Gasteiger partial charge in [-0.15, -0.1) is 0 Å². The lowest BCUT2D eigenvalue weighted by molar-refractivity contribution is 0.383. The van der Waals surface area contributed by atoms with Gasteiger partial charge in [0.1, 0.15) is 5.92 Å². The van der Waals surface area contributed by atoms with Crippen LogP contribution in [0.25, 0.3) is 4.85 Å². The first-order valence-corrected chi connectivity index (χ1v) is 10.1. The average Bonchev–Trinajstić information content (AvgIpc) is 2.72. The molecular weight excluding hydrogens is 212 g/mol. The molecule has 0 heterocycles. The smallest absolute Gasteiger partial charge is 0.242 e. The van der Waals surface area contributed by atoms with Crippen LogP contribution in [0.2, 0.25) is 26.2 Å². The van der Waals surface area contributed by atoms with Crippen molar-refractivity contribution >= 4 is 8.07 Å². The van der Waals surface area contributed by atoms with E-state index in [1.165, 1.54) is 12.8 Å². The molecule has 0 aliphatic heterocycles. The van der Waals surface area contributed by atoms with Gasteiger partial charge in [0.15, 0.2) is 0 Å². The predicted octanol–water partition coefficient (Wildman–Crippen LogP) is 3.80. The first-order chi connectivity index (χ1) is 7.36. The van der Waals surface area contributed by atoms with Crippen LogP contribution in [0.5, 0.6) is 0 Å². The van der Waals surface area contributed by atoms with Crippen molar-refractivity contribution in [2.75, 3.05) is 0 Å². The van der Waals surface area contributed by atoms with Gasteiger partial charge in [0.25, 0.3) is 0 Å². The molecule has 2 bridgehead atoms. The van der Waals surface area contributed by atoms with Gasteiger partial charge in [0.2, 0.25) is 6.04 Å². The standard InChI is InChI=1S/C9H10N2.C4H12Si/c1-11-9-7-3-2-6(4-7)8(9)5-10;1-5(2,3)4/h6-9H,2-4H2;1-4H3. The molecule has 0 radical (unpaired) electrons. The minimum atomic E-state index is -0.611. The molecule has 88 valence electrons. The molecule has 4 unspecified atom stereocenters. The van der Waals surface area contributed by atoms with Crippen LogP contribution in [0.15, 0.2) is 0 Å². The van der Waals surface area contributed by atoms with Crippen LogP contribution in [-0.4, -0.2) is 14.1 Å². The third-order valence-corrected chi connectivity index (χ3v) is 3.17. The van der Waals surface area contributed by atoms with Crippen molar-refractivity contribution in [1.82, 2.24) is 0 Å². The quantitative estimate of drug-likeness (QED) is 0.463. The van der Waals surface area contributed by atoms with Crippen molar-refractivity contribution < 1.29 is 0 Å². The molecule has 0 aromatic rings. The summed E-state index contributed by atoms with van der Waals surface area (Å²) in [5, 5.41) is 8.80. The number of rotatable bonds is 0. The summed E-state index contributed by atoms with van der Waals surface area (Å²) < 4.78 is 0. The summed E-state index contributed by atoms with van der Waals surface area (Å²) in [6.07, 6.45) is 3.52. The van der Waals surface area contributed by atoms with E-state index in [1.807, 2.05) is 0 Å². The molecule has 0 aromatic heterocycles. The van der Waals surface area contributed by atoms with Gasteiger partial charge < -0.3 is 4.85 Å². The number of nitriles is 1. The Morgan fingerprint density at radius 1 is 1.19 bits per heavy atom. The Balaban J connectivity index is 0.000000221. The Morgan fingerprint density at radius 3 is 2.06 bits per heavy atom. The van der Waals surface area contributed by atoms with Gasteiger partial charge in [-0.3, -0.25) is 0 Å². The SMILES string of the molecule is C[Si](C)(C)C.[C-]#[N+]C1C2CCC(C2)C1C#N. The van der Waals surface area contributed by atoms with Crippen LogP contribution in [0.3, 0.4) is 0 Å². The third kappa shape index (κ3) is 3.35. The molecule has 0 amide bonds. The first kappa shape index (κ1) is 13.3. The first-order valence-electron chi connectivity index (χ1n) is 6.13. The van der Waals surface area contributed by atoms with E-state index in [0.29, 0.717) is 11.8 Å². The highest BCUT2D eigenvalue weighted by Crippen LogP contribution is 2.49. The lowest BCUT2D eigenvalue weighted by Crippen LogP contribution is -2.22. The second-order valence-corrected chi connectivity index (χ2v) is 12.6. The van der Waals surface area contributed by atoms with Crippen molar-refractivity contribution in [2.45, 2.75) is 51.5 Å². The van der Waals surface area contributed by atoms with Crippen molar-refractivity contribution in [2.24, 2.45) is 17.8 Å². The number of hydrogen-bond donors (Lipinski definition) is 0. The molecule has 2 fully saturated rings. The van der Waals surface area contributed by atoms with Crippen LogP contribution < -0.4 is 0 Å². The van der Waals surface area contributed by atoms with Crippen LogP contribution in [-0.2, 0) is 0 Å². The van der Waals surface area contributed by atoms with Crippen molar-refractivity contribution in [3.63, 3.8) is 0 Å². The van der Waals surface area contributed by atoms with Gasteiger partial charge in [0, 0.05) is 14.0 Å². The second-order valence-electron chi connectivity index (χ2n) is 6.61. The van der Waals surface area contributed by atoms with Gasteiger partial charge in [-0.2, -0.15) is 5.26 Å². The van der Waals surface area contributed by atoms with Gasteiger partial charge >= 0.3 is 0 Å². The van der Waals surface area contributed by atoms with Gasteiger partial charge in [-0.25, -0.2) is 6.57 Å². The van der Waals surface area contributed by atoms with Crippen LogP contribution in [0, 0.1) is 35.7 Å². The van der Waals surface area contributed by atoms with E-state index in [0.717, 1.165) is 6.42 Å². The van der Waals surface area contributed by atoms with Crippen molar-refractivity contribution in [3.05, 3.63) is 11.4 Å². The third-order valence-electron chi connectivity index (χ3n) is 3.17. The summed E-state index contributed by atoms with van der Waals surface area (Å²) in [4.78, 5) is 3.55. The molecule has 2 nitrogen and oxygen atoms in total. The second kappa shape index (κ2) is 5.02. The lowest BCUT2D eigenvalue weighted by atomic mass is 9.86. The highest BCUT2D eigenvalue weighted by Gasteiger charge is 2.52. The fourth-order valence-electron chi connectivity index (χ4n) is 2.63. The molecule has 0 saturated heterocycles. The van der Waals surface area contributed by atoms with E-state index in [-0.39, 0.29) is 12.0 Å². The molecule has 0 N–H and O–H groups in total. The topological polar surface area (TPSA) is 28.1 Å². The molecule has 4 atom stereocenters. The molecular formula is C13H22N2Si. The normalized spacial score (nSPS) is 35.9. The number of hydrogen-bond acceptors (Lipinski definition) is 1. The Kier molecular flexibility index (Phi) is 4.16. The largest absolute Gasteiger partial charge is 0.312 e. The summed E-state index contributed by atoms with van der Waals surface area (Å²) in [7, 11) is -0.611. The van der Waals surface area contributed by atoms with Gasteiger partial charge in [0.05, 0.1) is 6.07 Å². The Bertz CT molecular complexity index is 286. The molecule has 0 spiro atoms.